The van der Waals surface area contributed by atoms with E-state index in [1.165, 1.54) is 0 Å². The molecule has 0 bridgehead atoms. The highest BCUT2D eigenvalue weighted by molar-refractivity contribution is 6.70. The third-order valence-corrected chi connectivity index (χ3v) is 4.10. The van der Waals surface area contributed by atoms with Gasteiger partial charge in [-0.2, -0.15) is 0 Å². The summed E-state index contributed by atoms with van der Waals surface area (Å²) in [6.07, 6.45) is -0.152. The lowest BCUT2D eigenvalue weighted by Gasteiger charge is -2.44. The highest BCUT2D eigenvalue weighted by atomic mass is 28.4. The quantitative estimate of drug-likeness (QED) is 0.783. The first-order valence-corrected chi connectivity index (χ1v) is 10.2. The molecule has 0 aromatic heterocycles. The van der Waals surface area contributed by atoms with Crippen LogP contribution in [0.15, 0.2) is 11.3 Å². The van der Waals surface area contributed by atoms with Crippen molar-refractivity contribution >= 4 is 14.4 Å². The first-order valence-electron chi connectivity index (χ1n) is 6.81. The van der Waals surface area contributed by atoms with E-state index in [1.54, 1.807) is 4.90 Å². The Balaban J connectivity index is 3.15. The Hall–Kier alpha value is -0.973. The van der Waals surface area contributed by atoms with Crippen molar-refractivity contribution in [3.8, 4) is 0 Å². The maximum Gasteiger partial charge on any atom is 0.407 e. The summed E-state index contributed by atoms with van der Waals surface area (Å²) in [7, 11) is -1.65. The lowest BCUT2D eigenvalue weighted by Crippen LogP contribution is -2.51. The summed E-state index contributed by atoms with van der Waals surface area (Å²) >= 11 is 0. The second-order valence-electron chi connectivity index (χ2n) is 7.32. The van der Waals surface area contributed by atoms with Gasteiger partial charge in [-0.3, -0.25) is 0 Å². The van der Waals surface area contributed by atoms with E-state index in [9.17, 15) is 9.90 Å². The van der Waals surface area contributed by atoms with Crippen molar-refractivity contribution in [3.63, 3.8) is 0 Å². The van der Waals surface area contributed by atoms with E-state index in [0.717, 1.165) is 11.3 Å². The van der Waals surface area contributed by atoms with Crippen LogP contribution in [0.5, 0.6) is 0 Å². The van der Waals surface area contributed by atoms with Crippen molar-refractivity contribution in [2.45, 2.75) is 59.8 Å². The van der Waals surface area contributed by atoms with E-state index in [0.29, 0.717) is 13.0 Å². The predicted molar refractivity (Wildman–Crippen MR) is 79.7 cm³/mol. The molecule has 0 saturated carbocycles. The zero-order chi connectivity index (χ0) is 15.0. The topological polar surface area (TPSA) is 49.8 Å². The molecule has 0 saturated heterocycles. The van der Waals surface area contributed by atoms with Gasteiger partial charge >= 0.3 is 6.09 Å². The van der Waals surface area contributed by atoms with Crippen LogP contribution in [0.25, 0.3) is 0 Å². The molecule has 0 radical (unpaired) electrons. The predicted octanol–water partition coefficient (Wildman–Crippen LogP) is 3.91. The highest BCUT2D eigenvalue weighted by Gasteiger charge is 2.39. The summed E-state index contributed by atoms with van der Waals surface area (Å²) in [5.41, 5.74) is 0.945. The second-order valence-corrected chi connectivity index (χ2v) is 11.7. The molecule has 1 aliphatic heterocycles. The van der Waals surface area contributed by atoms with Crippen LogP contribution in [0.4, 0.5) is 4.79 Å². The third kappa shape index (κ3) is 3.99. The summed E-state index contributed by atoms with van der Waals surface area (Å²) in [5, 5.41) is 9.38. The fourth-order valence-corrected chi connectivity index (χ4v) is 3.76. The standard InChI is InChI=1S/C14H27NO3Si/c1-10-11(18-19(5,6)7)8-9-15(13(16)17)12(10)14(2,3)4/h12H,8-9H2,1-7H3,(H,16,17). The van der Waals surface area contributed by atoms with Gasteiger partial charge in [-0.25, -0.2) is 4.79 Å². The molecule has 0 fully saturated rings. The van der Waals surface area contributed by atoms with Crippen molar-refractivity contribution in [1.29, 1.82) is 0 Å². The smallest absolute Gasteiger partial charge is 0.407 e. The summed E-state index contributed by atoms with van der Waals surface area (Å²) < 4.78 is 6.14. The second kappa shape index (κ2) is 5.19. The summed E-state index contributed by atoms with van der Waals surface area (Å²) in [5.74, 6) is 1.01. The largest absolute Gasteiger partial charge is 0.547 e. The van der Waals surface area contributed by atoms with Crippen LogP contribution in [0, 0.1) is 5.41 Å². The molecule has 1 amide bonds. The van der Waals surface area contributed by atoms with E-state index in [1.807, 2.05) is 6.92 Å². The Kier molecular flexibility index (Phi) is 4.39. The first kappa shape index (κ1) is 16.1. The molecule has 1 heterocycles. The van der Waals surface area contributed by atoms with Gasteiger partial charge in [0.05, 0.1) is 11.8 Å². The Morgan fingerprint density at radius 3 is 2.26 bits per heavy atom. The molecule has 5 heteroatoms. The highest BCUT2D eigenvalue weighted by Crippen LogP contribution is 2.36. The Morgan fingerprint density at radius 2 is 1.89 bits per heavy atom. The number of rotatable bonds is 2. The van der Waals surface area contributed by atoms with Crippen molar-refractivity contribution in [2.75, 3.05) is 6.54 Å². The zero-order valence-corrected chi connectivity index (χ0v) is 14.2. The molecule has 1 unspecified atom stereocenters. The molecule has 1 atom stereocenters. The van der Waals surface area contributed by atoms with Crippen molar-refractivity contribution < 1.29 is 14.3 Å². The molecule has 110 valence electrons. The number of amides is 1. The van der Waals surface area contributed by atoms with Crippen molar-refractivity contribution in [3.05, 3.63) is 11.3 Å². The van der Waals surface area contributed by atoms with E-state index >= 15 is 0 Å². The lowest BCUT2D eigenvalue weighted by atomic mass is 9.79. The summed E-state index contributed by atoms with van der Waals surface area (Å²) in [6.45, 7) is 15.2. The minimum absolute atomic E-state index is 0.106. The molecule has 1 N–H and O–H groups in total. The normalized spacial score (nSPS) is 21.6. The molecular weight excluding hydrogens is 258 g/mol. The van der Waals surface area contributed by atoms with Gasteiger partial charge in [0.15, 0.2) is 0 Å². The maximum absolute atomic E-state index is 11.4. The summed E-state index contributed by atoms with van der Waals surface area (Å²) in [4.78, 5) is 13.0. The number of hydrogen-bond acceptors (Lipinski definition) is 2. The average Bonchev–Trinajstić information content (AvgIpc) is 2.16. The average molecular weight is 285 g/mol. The maximum atomic E-state index is 11.4. The van der Waals surface area contributed by atoms with E-state index < -0.39 is 14.4 Å². The molecule has 4 nitrogen and oxygen atoms in total. The minimum atomic E-state index is -1.65. The minimum Gasteiger partial charge on any atom is -0.547 e. The van der Waals surface area contributed by atoms with Crippen LogP contribution >= 0.6 is 0 Å². The van der Waals surface area contributed by atoms with Crippen LogP contribution in [0.3, 0.4) is 0 Å². The summed E-state index contributed by atoms with van der Waals surface area (Å²) in [6, 6.07) is -0.106. The van der Waals surface area contributed by atoms with Gasteiger partial charge in [-0.05, 0) is 37.6 Å². The molecule has 19 heavy (non-hydrogen) atoms. The Labute approximate surface area is 117 Å². The zero-order valence-electron chi connectivity index (χ0n) is 13.2. The van der Waals surface area contributed by atoms with E-state index in [4.69, 9.17) is 4.43 Å². The van der Waals surface area contributed by atoms with Gasteiger partial charge < -0.3 is 14.4 Å². The molecule has 1 aliphatic rings. The van der Waals surface area contributed by atoms with E-state index in [2.05, 4.69) is 40.4 Å². The molecule has 0 aromatic carbocycles. The number of carbonyl (C=O) groups is 1. The van der Waals surface area contributed by atoms with Gasteiger partial charge in [0, 0.05) is 13.0 Å². The molecular formula is C14H27NO3Si. The molecule has 0 aliphatic carbocycles. The van der Waals surface area contributed by atoms with Crippen LogP contribution < -0.4 is 0 Å². The SMILES string of the molecule is CC1=C(O[Si](C)(C)C)CCN(C(=O)O)C1C(C)(C)C. The Morgan fingerprint density at radius 1 is 1.37 bits per heavy atom. The van der Waals surface area contributed by atoms with Gasteiger partial charge in [-0.15, -0.1) is 0 Å². The fourth-order valence-electron chi connectivity index (χ4n) is 2.76. The van der Waals surface area contributed by atoms with Crippen LogP contribution in [-0.4, -0.2) is 37.0 Å². The Bertz CT molecular complexity index is 390. The van der Waals surface area contributed by atoms with Gasteiger partial charge in [0.1, 0.15) is 0 Å². The fraction of sp³-hybridized carbons (Fsp3) is 0.786. The number of carboxylic acid groups (broad SMARTS) is 1. The van der Waals surface area contributed by atoms with Crippen molar-refractivity contribution in [2.24, 2.45) is 5.41 Å². The first-order chi connectivity index (χ1) is 8.43. The lowest BCUT2D eigenvalue weighted by molar-refractivity contribution is 0.0858. The molecule has 1 rings (SSSR count). The molecule has 0 aromatic rings. The van der Waals surface area contributed by atoms with Gasteiger partial charge in [0.2, 0.25) is 8.32 Å². The van der Waals surface area contributed by atoms with Gasteiger partial charge in [-0.1, -0.05) is 20.8 Å². The monoisotopic (exact) mass is 285 g/mol. The van der Waals surface area contributed by atoms with Crippen LogP contribution in [0.1, 0.15) is 34.1 Å². The number of hydrogen-bond donors (Lipinski definition) is 1. The van der Waals surface area contributed by atoms with E-state index in [-0.39, 0.29) is 11.5 Å². The van der Waals surface area contributed by atoms with Gasteiger partial charge in [0.25, 0.3) is 0 Å². The number of nitrogens with zero attached hydrogens (tertiary/aromatic N) is 1. The van der Waals surface area contributed by atoms with Crippen molar-refractivity contribution in [1.82, 2.24) is 4.90 Å². The van der Waals surface area contributed by atoms with Crippen LogP contribution in [-0.2, 0) is 4.43 Å². The van der Waals surface area contributed by atoms with Crippen LogP contribution in [0.2, 0.25) is 19.6 Å². The molecule has 0 spiro atoms. The third-order valence-electron chi connectivity index (χ3n) is 3.24.